The van der Waals surface area contributed by atoms with Crippen LogP contribution in [0.1, 0.15) is 13.8 Å². The van der Waals surface area contributed by atoms with Crippen LogP contribution < -0.4 is 16.0 Å². The Morgan fingerprint density at radius 3 is 2.21 bits per heavy atom. The Morgan fingerprint density at radius 2 is 1.58 bits per heavy atom. The Hall–Kier alpha value is -3.02. The molecule has 126 valence electrons. The molecule has 2 rings (SSSR count). The highest BCUT2D eigenvalue weighted by Crippen LogP contribution is 2.16. The van der Waals surface area contributed by atoms with Crippen molar-refractivity contribution in [3.63, 3.8) is 0 Å². The summed E-state index contributed by atoms with van der Waals surface area (Å²) in [7, 11) is 0. The van der Waals surface area contributed by atoms with Crippen LogP contribution in [0.2, 0.25) is 0 Å². The van der Waals surface area contributed by atoms with Crippen molar-refractivity contribution in [3.8, 4) is 5.75 Å². The molecular weight excluding hydrogens is 306 g/mol. The number of hydrogen-bond donors (Lipinski definition) is 4. The molecule has 0 fully saturated rings. The molecule has 0 aliphatic carbocycles. The number of anilines is 2. The van der Waals surface area contributed by atoms with Gasteiger partial charge < -0.3 is 21.1 Å². The van der Waals surface area contributed by atoms with Gasteiger partial charge in [0.25, 0.3) is 0 Å². The molecule has 0 spiro atoms. The summed E-state index contributed by atoms with van der Waals surface area (Å²) in [6, 6.07) is 14.1. The Labute approximate surface area is 140 Å². The zero-order chi connectivity index (χ0) is 17.5. The third-order valence-electron chi connectivity index (χ3n) is 3.38. The Morgan fingerprint density at radius 1 is 0.917 bits per heavy atom. The molecule has 0 saturated heterocycles. The van der Waals surface area contributed by atoms with Gasteiger partial charge in [-0.3, -0.25) is 4.79 Å². The van der Waals surface area contributed by atoms with Crippen LogP contribution in [0.4, 0.5) is 16.2 Å². The number of carbonyl (C=O) groups excluding carboxylic acids is 2. The number of phenols is 1. The highest BCUT2D eigenvalue weighted by atomic mass is 16.3. The first-order chi connectivity index (χ1) is 11.5. The fourth-order valence-corrected chi connectivity index (χ4v) is 2.17. The number of carbonyl (C=O) groups is 2. The van der Waals surface area contributed by atoms with Crippen LogP contribution in [0, 0.1) is 5.92 Å². The monoisotopic (exact) mass is 327 g/mol. The average Bonchev–Trinajstić information content (AvgIpc) is 2.53. The summed E-state index contributed by atoms with van der Waals surface area (Å²) in [4.78, 5) is 24.5. The van der Waals surface area contributed by atoms with E-state index in [1.54, 1.807) is 24.3 Å². The molecule has 0 radical (unpaired) electrons. The third kappa shape index (κ3) is 5.01. The van der Waals surface area contributed by atoms with Gasteiger partial charge >= 0.3 is 6.03 Å². The maximum absolute atomic E-state index is 12.4. The van der Waals surface area contributed by atoms with Crippen LogP contribution in [0.25, 0.3) is 0 Å². The molecule has 1 atom stereocenters. The molecule has 2 aromatic rings. The summed E-state index contributed by atoms with van der Waals surface area (Å²) in [5, 5.41) is 17.5. The first kappa shape index (κ1) is 17.3. The van der Waals surface area contributed by atoms with E-state index in [9.17, 15) is 14.7 Å². The van der Waals surface area contributed by atoms with E-state index in [1.807, 2.05) is 32.0 Å². The molecule has 1 unspecified atom stereocenters. The average molecular weight is 327 g/mol. The van der Waals surface area contributed by atoms with Crippen LogP contribution in [0.5, 0.6) is 5.75 Å². The lowest BCUT2D eigenvalue weighted by Gasteiger charge is -2.22. The molecule has 0 aromatic heterocycles. The SMILES string of the molecule is CC(C)C(NC(=O)Nc1ccccc1)C(=O)Nc1cccc(O)c1. The maximum Gasteiger partial charge on any atom is 0.319 e. The molecular formula is C18H21N3O3. The predicted molar refractivity (Wildman–Crippen MR) is 94.0 cm³/mol. The number of urea groups is 1. The Bertz CT molecular complexity index is 702. The maximum atomic E-state index is 12.4. The quantitative estimate of drug-likeness (QED) is 0.680. The van der Waals surface area contributed by atoms with E-state index in [1.165, 1.54) is 12.1 Å². The van der Waals surface area contributed by atoms with Crippen molar-refractivity contribution >= 4 is 23.3 Å². The van der Waals surface area contributed by atoms with Gasteiger partial charge in [0.2, 0.25) is 5.91 Å². The molecule has 4 N–H and O–H groups in total. The van der Waals surface area contributed by atoms with E-state index in [2.05, 4.69) is 16.0 Å². The van der Waals surface area contributed by atoms with Gasteiger partial charge in [-0.15, -0.1) is 0 Å². The van der Waals surface area contributed by atoms with E-state index in [-0.39, 0.29) is 17.6 Å². The zero-order valence-corrected chi connectivity index (χ0v) is 13.6. The first-order valence-electron chi connectivity index (χ1n) is 7.68. The number of phenolic OH excluding ortho intramolecular Hbond substituents is 1. The van der Waals surface area contributed by atoms with E-state index in [4.69, 9.17) is 0 Å². The lowest BCUT2D eigenvalue weighted by atomic mass is 10.0. The highest BCUT2D eigenvalue weighted by molar-refractivity contribution is 5.99. The van der Waals surface area contributed by atoms with Gasteiger partial charge in [0, 0.05) is 17.4 Å². The molecule has 0 saturated carbocycles. The van der Waals surface area contributed by atoms with E-state index in [0.29, 0.717) is 11.4 Å². The molecule has 24 heavy (non-hydrogen) atoms. The molecule has 0 heterocycles. The van der Waals surface area contributed by atoms with E-state index in [0.717, 1.165) is 0 Å². The molecule has 6 heteroatoms. The predicted octanol–water partition coefficient (Wildman–Crippen LogP) is 3.18. The molecule has 2 aromatic carbocycles. The van der Waals surface area contributed by atoms with Crippen LogP contribution in [0.15, 0.2) is 54.6 Å². The summed E-state index contributed by atoms with van der Waals surface area (Å²) < 4.78 is 0. The van der Waals surface area contributed by atoms with Crippen molar-refractivity contribution in [2.75, 3.05) is 10.6 Å². The van der Waals surface area contributed by atoms with Crippen LogP contribution in [0.3, 0.4) is 0 Å². The lowest BCUT2D eigenvalue weighted by molar-refractivity contribution is -0.118. The number of benzene rings is 2. The Kier molecular flexibility index (Phi) is 5.78. The normalized spacial score (nSPS) is 11.6. The number of rotatable bonds is 5. The van der Waals surface area contributed by atoms with Gasteiger partial charge in [0.1, 0.15) is 11.8 Å². The number of aromatic hydroxyl groups is 1. The van der Waals surface area contributed by atoms with Crippen molar-refractivity contribution in [1.29, 1.82) is 0 Å². The summed E-state index contributed by atoms with van der Waals surface area (Å²) in [6.07, 6.45) is 0. The van der Waals surface area contributed by atoms with Crippen molar-refractivity contribution in [2.45, 2.75) is 19.9 Å². The summed E-state index contributed by atoms with van der Waals surface area (Å²) in [5.41, 5.74) is 1.11. The fraction of sp³-hybridized carbons (Fsp3) is 0.222. The van der Waals surface area contributed by atoms with Gasteiger partial charge in [-0.25, -0.2) is 4.79 Å². The standard InChI is InChI=1S/C18H21N3O3/c1-12(2)16(17(23)19-14-9-6-10-15(22)11-14)21-18(24)20-13-7-4-3-5-8-13/h3-12,16,22H,1-2H3,(H,19,23)(H2,20,21,24). The highest BCUT2D eigenvalue weighted by Gasteiger charge is 2.24. The second-order valence-corrected chi connectivity index (χ2v) is 5.73. The minimum absolute atomic E-state index is 0.0590. The van der Waals surface area contributed by atoms with Crippen molar-refractivity contribution in [1.82, 2.24) is 5.32 Å². The summed E-state index contributed by atoms with van der Waals surface area (Å²) in [5.74, 6) is -0.397. The fourth-order valence-electron chi connectivity index (χ4n) is 2.17. The van der Waals surface area contributed by atoms with Crippen molar-refractivity contribution < 1.29 is 14.7 Å². The number of hydrogen-bond acceptors (Lipinski definition) is 3. The van der Waals surface area contributed by atoms with Gasteiger partial charge in [0.05, 0.1) is 0 Å². The number of para-hydroxylation sites is 1. The Balaban J connectivity index is 2.00. The second kappa shape index (κ2) is 8.01. The largest absolute Gasteiger partial charge is 0.508 e. The van der Waals surface area contributed by atoms with Gasteiger partial charge in [-0.05, 0) is 30.2 Å². The molecule has 0 aliphatic rings. The van der Waals surface area contributed by atoms with Crippen LogP contribution in [-0.4, -0.2) is 23.1 Å². The third-order valence-corrected chi connectivity index (χ3v) is 3.38. The topological polar surface area (TPSA) is 90.5 Å². The van der Waals surface area contributed by atoms with Gasteiger partial charge in [-0.2, -0.15) is 0 Å². The van der Waals surface area contributed by atoms with Crippen molar-refractivity contribution in [2.24, 2.45) is 5.92 Å². The number of nitrogens with one attached hydrogen (secondary N) is 3. The summed E-state index contributed by atoms with van der Waals surface area (Å²) in [6.45, 7) is 3.69. The minimum atomic E-state index is -0.712. The summed E-state index contributed by atoms with van der Waals surface area (Å²) >= 11 is 0. The van der Waals surface area contributed by atoms with Gasteiger partial charge in [0.15, 0.2) is 0 Å². The molecule has 0 bridgehead atoms. The zero-order valence-electron chi connectivity index (χ0n) is 13.6. The van der Waals surface area contributed by atoms with E-state index >= 15 is 0 Å². The minimum Gasteiger partial charge on any atom is -0.508 e. The van der Waals surface area contributed by atoms with Crippen molar-refractivity contribution in [3.05, 3.63) is 54.6 Å². The lowest BCUT2D eigenvalue weighted by Crippen LogP contribution is -2.48. The first-order valence-corrected chi connectivity index (χ1v) is 7.68. The number of amides is 3. The molecule has 3 amide bonds. The van der Waals surface area contributed by atoms with Gasteiger partial charge in [-0.1, -0.05) is 38.1 Å². The molecule has 6 nitrogen and oxygen atoms in total. The van der Waals surface area contributed by atoms with E-state index < -0.39 is 12.1 Å². The van der Waals surface area contributed by atoms with Crippen LogP contribution in [-0.2, 0) is 4.79 Å². The second-order valence-electron chi connectivity index (χ2n) is 5.73. The smallest absolute Gasteiger partial charge is 0.319 e. The van der Waals surface area contributed by atoms with Crippen LogP contribution >= 0.6 is 0 Å². The molecule has 0 aliphatic heterocycles.